The second-order valence-corrected chi connectivity index (χ2v) is 4.03. The molecule has 0 aliphatic rings. The average Bonchev–Trinajstić information content (AvgIpc) is 2.35. The Balaban J connectivity index is 2.73. The highest BCUT2D eigenvalue weighted by molar-refractivity contribution is 5.88. The Morgan fingerprint density at radius 1 is 1.21 bits per heavy atom. The largest absolute Gasteiger partial charge is 0.407 e. The first-order valence-electron chi connectivity index (χ1n) is 5.30. The van der Waals surface area contributed by atoms with Gasteiger partial charge in [0.15, 0.2) is 0 Å². The van der Waals surface area contributed by atoms with Crippen LogP contribution < -0.4 is 5.73 Å². The second-order valence-electron chi connectivity index (χ2n) is 4.03. The number of non-ortho nitro benzene ring substituents is 1. The minimum Gasteiger partial charge on any atom is -0.316 e. The Morgan fingerprint density at radius 3 is 2.42 bits per heavy atom. The van der Waals surface area contributed by atoms with Crippen LogP contribution in [0.3, 0.4) is 0 Å². The van der Waals surface area contributed by atoms with Crippen molar-refractivity contribution in [3.05, 3.63) is 52.1 Å². The summed E-state index contributed by atoms with van der Waals surface area (Å²) in [5.74, 6) is 0. The van der Waals surface area contributed by atoms with Crippen LogP contribution in [0.1, 0.15) is 11.6 Å². The van der Waals surface area contributed by atoms with Crippen LogP contribution in [0, 0.1) is 10.1 Å². The summed E-state index contributed by atoms with van der Waals surface area (Å²) in [6, 6.07) is 5.96. The molecule has 0 spiro atoms. The van der Waals surface area contributed by atoms with Crippen LogP contribution in [0.4, 0.5) is 18.9 Å². The van der Waals surface area contributed by atoms with Crippen LogP contribution in [0.5, 0.6) is 0 Å². The number of rotatable bonds is 2. The van der Waals surface area contributed by atoms with E-state index in [1.54, 1.807) is 12.1 Å². The molecule has 0 unspecified atom stereocenters. The number of nitro groups is 1. The molecule has 0 amide bonds. The molecule has 2 N–H and O–H groups in total. The normalized spacial score (nSPS) is 13.5. The van der Waals surface area contributed by atoms with Crippen molar-refractivity contribution in [2.24, 2.45) is 5.73 Å². The Bertz CT molecular complexity index is 640. The van der Waals surface area contributed by atoms with Crippen molar-refractivity contribution in [3.8, 4) is 0 Å². The molecule has 2 aromatic carbocycles. The van der Waals surface area contributed by atoms with E-state index in [2.05, 4.69) is 0 Å². The van der Waals surface area contributed by atoms with Crippen molar-refractivity contribution in [1.82, 2.24) is 0 Å². The summed E-state index contributed by atoms with van der Waals surface area (Å²) in [6.07, 6.45) is -4.65. The molecule has 0 aromatic heterocycles. The number of halogens is 3. The highest BCUT2D eigenvalue weighted by Crippen LogP contribution is 2.36. The third kappa shape index (κ3) is 2.50. The Morgan fingerprint density at radius 2 is 1.84 bits per heavy atom. The van der Waals surface area contributed by atoms with Gasteiger partial charge in [-0.25, -0.2) is 0 Å². The van der Waals surface area contributed by atoms with Gasteiger partial charge in [0, 0.05) is 12.1 Å². The maximum absolute atomic E-state index is 12.7. The Hall–Kier alpha value is -2.15. The molecular weight excluding hydrogens is 261 g/mol. The van der Waals surface area contributed by atoms with Gasteiger partial charge < -0.3 is 5.73 Å². The number of nitrogens with zero attached hydrogens (tertiary/aromatic N) is 1. The lowest BCUT2D eigenvalue weighted by atomic mass is 9.98. The molecule has 2 rings (SSSR count). The molecule has 4 nitrogen and oxygen atoms in total. The first-order chi connectivity index (χ1) is 8.80. The third-order valence-electron chi connectivity index (χ3n) is 2.78. The van der Waals surface area contributed by atoms with Crippen LogP contribution in [0.2, 0.25) is 0 Å². The molecule has 0 aliphatic carbocycles. The van der Waals surface area contributed by atoms with Crippen molar-refractivity contribution in [2.75, 3.05) is 0 Å². The number of alkyl halides is 3. The van der Waals surface area contributed by atoms with E-state index < -0.39 is 22.8 Å². The van der Waals surface area contributed by atoms with Gasteiger partial charge in [-0.3, -0.25) is 10.1 Å². The van der Waals surface area contributed by atoms with Gasteiger partial charge in [0.2, 0.25) is 0 Å². The summed E-state index contributed by atoms with van der Waals surface area (Å²) in [5, 5.41) is 11.4. The SMILES string of the molecule is N[C@@H](c1cc([N+](=O)[O-])cc2ccccc12)C(F)(F)F. The van der Waals surface area contributed by atoms with Gasteiger partial charge in [-0.15, -0.1) is 0 Å². The highest BCUT2D eigenvalue weighted by atomic mass is 19.4. The van der Waals surface area contributed by atoms with E-state index in [1.165, 1.54) is 18.2 Å². The van der Waals surface area contributed by atoms with E-state index in [-0.39, 0.29) is 10.9 Å². The van der Waals surface area contributed by atoms with Crippen LogP contribution in [-0.4, -0.2) is 11.1 Å². The summed E-state index contributed by atoms with van der Waals surface area (Å²) < 4.78 is 38.1. The molecule has 0 bridgehead atoms. The molecule has 0 heterocycles. The lowest BCUT2D eigenvalue weighted by molar-refractivity contribution is -0.384. The van der Waals surface area contributed by atoms with Gasteiger partial charge in [0.05, 0.1) is 4.92 Å². The Kier molecular flexibility index (Phi) is 3.15. The molecule has 1 atom stereocenters. The zero-order chi connectivity index (χ0) is 14.2. The molecular formula is C12H9F3N2O2. The lowest BCUT2D eigenvalue weighted by Gasteiger charge is -2.17. The molecule has 0 radical (unpaired) electrons. The quantitative estimate of drug-likeness (QED) is 0.672. The molecule has 100 valence electrons. The fraction of sp³-hybridized carbons (Fsp3) is 0.167. The summed E-state index contributed by atoms with van der Waals surface area (Å²) in [4.78, 5) is 10.0. The summed E-state index contributed by atoms with van der Waals surface area (Å²) in [7, 11) is 0. The predicted octanol–water partition coefficient (Wildman–Crippen LogP) is 3.31. The molecule has 0 fully saturated rings. The molecule has 2 aromatic rings. The minimum absolute atomic E-state index is 0.262. The average molecular weight is 270 g/mol. The fourth-order valence-electron chi connectivity index (χ4n) is 1.86. The second kappa shape index (κ2) is 4.51. The van der Waals surface area contributed by atoms with E-state index in [0.717, 1.165) is 6.07 Å². The highest BCUT2D eigenvalue weighted by Gasteiger charge is 2.39. The van der Waals surface area contributed by atoms with Crippen molar-refractivity contribution in [2.45, 2.75) is 12.2 Å². The minimum atomic E-state index is -4.65. The van der Waals surface area contributed by atoms with E-state index >= 15 is 0 Å². The fourth-order valence-corrected chi connectivity index (χ4v) is 1.86. The first kappa shape index (κ1) is 13.3. The molecule has 0 saturated heterocycles. The van der Waals surface area contributed by atoms with Gasteiger partial charge in [0.25, 0.3) is 5.69 Å². The lowest BCUT2D eigenvalue weighted by Crippen LogP contribution is -2.28. The topological polar surface area (TPSA) is 69.2 Å². The standard InChI is InChI=1S/C12H9F3N2O2/c13-12(14,15)11(16)10-6-8(17(18)19)5-7-3-1-2-4-9(7)10/h1-6,11H,16H2/t11-/m0/s1. The van der Waals surface area contributed by atoms with Gasteiger partial charge in [-0.1, -0.05) is 24.3 Å². The van der Waals surface area contributed by atoms with Crippen molar-refractivity contribution in [3.63, 3.8) is 0 Å². The maximum atomic E-state index is 12.7. The van der Waals surface area contributed by atoms with Crippen molar-refractivity contribution in [1.29, 1.82) is 0 Å². The third-order valence-corrected chi connectivity index (χ3v) is 2.78. The monoisotopic (exact) mass is 270 g/mol. The van der Waals surface area contributed by atoms with Crippen LogP contribution in [0.25, 0.3) is 10.8 Å². The molecule has 19 heavy (non-hydrogen) atoms. The maximum Gasteiger partial charge on any atom is 0.407 e. The zero-order valence-electron chi connectivity index (χ0n) is 9.52. The number of nitro benzene ring substituents is 1. The van der Waals surface area contributed by atoms with E-state index in [4.69, 9.17) is 5.73 Å². The summed E-state index contributed by atoms with van der Waals surface area (Å²) in [6.45, 7) is 0. The van der Waals surface area contributed by atoms with Gasteiger partial charge >= 0.3 is 6.18 Å². The van der Waals surface area contributed by atoms with E-state index in [9.17, 15) is 23.3 Å². The smallest absolute Gasteiger partial charge is 0.316 e. The van der Waals surface area contributed by atoms with Gasteiger partial charge in [-0.05, 0) is 16.3 Å². The number of hydrogen-bond acceptors (Lipinski definition) is 3. The van der Waals surface area contributed by atoms with Crippen LogP contribution in [-0.2, 0) is 0 Å². The summed E-state index contributed by atoms with van der Waals surface area (Å²) >= 11 is 0. The number of nitrogens with two attached hydrogens (primary N) is 1. The molecule has 0 aliphatic heterocycles. The van der Waals surface area contributed by atoms with E-state index in [0.29, 0.717) is 5.39 Å². The predicted molar refractivity (Wildman–Crippen MR) is 63.6 cm³/mol. The molecule has 0 saturated carbocycles. The number of benzene rings is 2. The van der Waals surface area contributed by atoms with Gasteiger partial charge in [-0.2, -0.15) is 13.2 Å². The number of fused-ring (bicyclic) bond motifs is 1. The van der Waals surface area contributed by atoms with E-state index in [1.807, 2.05) is 0 Å². The number of hydrogen-bond donors (Lipinski definition) is 1. The van der Waals surface area contributed by atoms with Crippen molar-refractivity contribution < 1.29 is 18.1 Å². The van der Waals surface area contributed by atoms with Crippen LogP contribution in [0.15, 0.2) is 36.4 Å². The summed E-state index contributed by atoms with van der Waals surface area (Å²) in [5.41, 5.74) is 4.46. The first-order valence-corrected chi connectivity index (χ1v) is 5.30. The van der Waals surface area contributed by atoms with Crippen molar-refractivity contribution >= 4 is 16.5 Å². The Labute approximate surface area is 105 Å². The van der Waals surface area contributed by atoms with Crippen LogP contribution >= 0.6 is 0 Å². The van der Waals surface area contributed by atoms with Gasteiger partial charge in [0.1, 0.15) is 6.04 Å². The zero-order valence-corrected chi connectivity index (χ0v) is 9.52. The molecule has 7 heteroatoms.